The Morgan fingerprint density at radius 3 is 1.17 bits per heavy atom. The first-order valence-electron chi connectivity index (χ1n) is 9.11. The normalized spacial score (nSPS) is 13.2. The van der Waals surface area contributed by atoms with Crippen LogP contribution in [-0.4, -0.2) is 15.0 Å². The van der Waals surface area contributed by atoms with Gasteiger partial charge in [-0.2, -0.15) is 0 Å². The van der Waals surface area contributed by atoms with E-state index in [9.17, 15) is 0 Å². The van der Waals surface area contributed by atoms with Crippen LogP contribution < -0.4 is 0 Å². The van der Waals surface area contributed by atoms with E-state index in [0.29, 0.717) is 17.5 Å². The van der Waals surface area contributed by atoms with Crippen molar-refractivity contribution in [2.75, 3.05) is 0 Å². The highest BCUT2D eigenvalue weighted by Gasteiger charge is 2.13. The first-order valence-corrected chi connectivity index (χ1v) is 9.11. The largest absolute Gasteiger partial charge is 0.208 e. The second kappa shape index (κ2) is 13.3. The maximum Gasteiger partial charge on any atom is 0.164 e. The van der Waals surface area contributed by atoms with Crippen LogP contribution in [0.2, 0.25) is 0 Å². The van der Waals surface area contributed by atoms with Gasteiger partial charge in [0, 0.05) is 16.7 Å². The van der Waals surface area contributed by atoms with Gasteiger partial charge < -0.3 is 0 Å². The molecule has 0 N–H and O–H groups in total. The van der Waals surface area contributed by atoms with E-state index in [-0.39, 0.29) is 0 Å². The molecule has 0 spiro atoms. The van der Waals surface area contributed by atoms with Crippen molar-refractivity contribution in [1.82, 2.24) is 15.0 Å². The highest BCUT2D eigenvalue weighted by atomic mass is 15.0. The molecule has 29 heavy (non-hydrogen) atoms. The molecule has 0 unspecified atom stereocenters. The molecule has 0 fully saturated rings. The highest BCUT2D eigenvalue weighted by molar-refractivity contribution is 5.78. The van der Waals surface area contributed by atoms with Crippen LogP contribution in [0.1, 0.15) is 24.4 Å². The Labute approximate surface area is 174 Å². The maximum atomic E-state index is 4.68. The van der Waals surface area contributed by atoms with Crippen molar-refractivity contribution < 1.29 is 0 Å². The smallest absolute Gasteiger partial charge is 0.164 e. The third kappa shape index (κ3) is 7.35. The number of hydrogen-bond acceptors (Lipinski definition) is 3. The highest BCUT2D eigenvalue weighted by Crippen LogP contribution is 2.21. The molecule has 1 aromatic heterocycles. The SMILES string of the molecule is C=C/C=C\C(=C/C=C)c1nc(C(/C=C\C)=C/C=C)nc(C(/C=C\C=C)=C/C=C)n1. The summed E-state index contributed by atoms with van der Waals surface area (Å²) in [7, 11) is 0. The summed E-state index contributed by atoms with van der Waals surface area (Å²) >= 11 is 0. The summed E-state index contributed by atoms with van der Waals surface area (Å²) in [5.41, 5.74) is 2.39. The molecule has 3 nitrogen and oxygen atoms in total. The van der Waals surface area contributed by atoms with Crippen molar-refractivity contribution in [2.45, 2.75) is 6.92 Å². The third-order valence-corrected chi connectivity index (χ3v) is 3.47. The van der Waals surface area contributed by atoms with Crippen molar-refractivity contribution in [3.05, 3.63) is 135 Å². The molecular weight excluding hydrogens is 354 g/mol. The summed E-state index contributed by atoms with van der Waals surface area (Å²) in [5, 5.41) is 0. The van der Waals surface area contributed by atoms with Crippen LogP contribution in [0.4, 0.5) is 0 Å². The lowest BCUT2D eigenvalue weighted by Gasteiger charge is -2.09. The van der Waals surface area contributed by atoms with Crippen LogP contribution in [0, 0.1) is 0 Å². The monoisotopic (exact) mass is 381 g/mol. The van der Waals surface area contributed by atoms with Crippen LogP contribution >= 0.6 is 0 Å². The van der Waals surface area contributed by atoms with Gasteiger partial charge in [0.25, 0.3) is 0 Å². The second-order valence-electron chi connectivity index (χ2n) is 5.57. The first-order chi connectivity index (χ1) is 14.1. The van der Waals surface area contributed by atoms with Gasteiger partial charge in [-0.25, -0.2) is 15.0 Å². The zero-order valence-corrected chi connectivity index (χ0v) is 17.0. The van der Waals surface area contributed by atoms with E-state index < -0.39 is 0 Å². The quantitative estimate of drug-likeness (QED) is 0.403. The number of rotatable bonds is 11. The summed E-state index contributed by atoms with van der Waals surface area (Å²) in [6.07, 6.45) is 25.3. The summed E-state index contributed by atoms with van der Waals surface area (Å²) < 4.78 is 0. The lowest BCUT2D eigenvalue weighted by atomic mass is 10.1. The average molecular weight is 382 g/mol. The summed E-state index contributed by atoms with van der Waals surface area (Å²) in [6.45, 7) is 20.7. The summed E-state index contributed by atoms with van der Waals surface area (Å²) in [4.78, 5) is 14.0. The Balaban J connectivity index is 3.87. The molecule has 0 radical (unpaired) electrons. The predicted molar refractivity (Wildman–Crippen MR) is 128 cm³/mol. The van der Waals surface area contributed by atoms with E-state index in [0.717, 1.165) is 16.7 Å². The Morgan fingerprint density at radius 2 is 0.897 bits per heavy atom. The van der Waals surface area contributed by atoms with E-state index in [1.807, 2.05) is 61.6 Å². The van der Waals surface area contributed by atoms with Crippen molar-refractivity contribution in [1.29, 1.82) is 0 Å². The van der Waals surface area contributed by atoms with Gasteiger partial charge in [-0.15, -0.1) is 0 Å². The number of hydrogen-bond donors (Lipinski definition) is 0. The molecule has 146 valence electrons. The van der Waals surface area contributed by atoms with Crippen LogP contribution in [0.25, 0.3) is 16.7 Å². The fourth-order valence-corrected chi connectivity index (χ4v) is 2.28. The molecule has 0 amide bonds. The molecule has 0 saturated carbocycles. The average Bonchev–Trinajstić information content (AvgIpc) is 2.73. The van der Waals surface area contributed by atoms with Gasteiger partial charge >= 0.3 is 0 Å². The molecule has 0 saturated heterocycles. The van der Waals surface area contributed by atoms with E-state index in [2.05, 4.69) is 47.8 Å². The number of aromatic nitrogens is 3. The van der Waals surface area contributed by atoms with Crippen molar-refractivity contribution in [2.24, 2.45) is 0 Å². The molecule has 0 atom stereocenters. The molecule has 0 bridgehead atoms. The van der Waals surface area contributed by atoms with E-state index >= 15 is 0 Å². The molecule has 0 aliphatic rings. The Bertz CT molecular complexity index is 890. The van der Waals surface area contributed by atoms with Crippen molar-refractivity contribution in [3.63, 3.8) is 0 Å². The molecule has 0 aliphatic carbocycles. The number of allylic oxidation sites excluding steroid dienone is 17. The van der Waals surface area contributed by atoms with Gasteiger partial charge in [0.05, 0.1) is 0 Å². The van der Waals surface area contributed by atoms with E-state index in [4.69, 9.17) is 0 Å². The fraction of sp³-hybridized carbons (Fsp3) is 0.0385. The second-order valence-corrected chi connectivity index (χ2v) is 5.57. The van der Waals surface area contributed by atoms with Gasteiger partial charge in [0.2, 0.25) is 0 Å². The predicted octanol–water partition coefficient (Wildman–Crippen LogP) is 6.64. The zero-order chi connectivity index (χ0) is 21.5. The van der Waals surface area contributed by atoms with Crippen LogP contribution in [0.15, 0.2) is 118 Å². The Kier molecular flexibility index (Phi) is 10.7. The standard InChI is InChI=1S/C26H27N3/c1-7-13-19-22(17-11-5)25-27-24(21(15-9-3)16-10-4)28-26(29-25)23(18-12-6)20-14-8-2/h7-20H,1-3,5-6H2,4H3/b16-10-,19-13-,20-14-,21-15+,22-17+,23-18+. The minimum atomic E-state index is 0.518. The van der Waals surface area contributed by atoms with Gasteiger partial charge in [0.15, 0.2) is 17.5 Å². The van der Waals surface area contributed by atoms with E-state index in [1.54, 1.807) is 30.4 Å². The Hall–Kier alpha value is -3.85. The van der Waals surface area contributed by atoms with Crippen molar-refractivity contribution >= 4 is 16.7 Å². The molecule has 1 heterocycles. The van der Waals surface area contributed by atoms with Crippen LogP contribution in [0.3, 0.4) is 0 Å². The zero-order valence-electron chi connectivity index (χ0n) is 17.0. The van der Waals surface area contributed by atoms with Gasteiger partial charge in [-0.1, -0.05) is 118 Å². The van der Waals surface area contributed by atoms with Crippen molar-refractivity contribution in [3.8, 4) is 0 Å². The summed E-state index contributed by atoms with van der Waals surface area (Å²) in [5.74, 6) is 1.57. The number of nitrogens with zero attached hydrogens (tertiary/aromatic N) is 3. The van der Waals surface area contributed by atoms with Crippen LogP contribution in [-0.2, 0) is 0 Å². The molecular formula is C26H27N3. The van der Waals surface area contributed by atoms with Gasteiger partial charge in [-0.05, 0) is 6.92 Å². The van der Waals surface area contributed by atoms with Gasteiger partial charge in [0.1, 0.15) is 0 Å². The fourth-order valence-electron chi connectivity index (χ4n) is 2.28. The third-order valence-electron chi connectivity index (χ3n) is 3.47. The molecule has 0 aliphatic heterocycles. The topological polar surface area (TPSA) is 38.7 Å². The molecule has 1 rings (SSSR count). The lowest BCUT2D eigenvalue weighted by Crippen LogP contribution is -2.06. The Morgan fingerprint density at radius 1 is 0.552 bits per heavy atom. The first kappa shape index (κ1) is 23.2. The minimum Gasteiger partial charge on any atom is -0.208 e. The lowest BCUT2D eigenvalue weighted by molar-refractivity contribution is 0.971. The minimum absolute atomic E-state index is 0.518. The molecule has 3 heteroatoms. The summed E-state index contributed by atoms with van der Waals surface area (Å²) in [6, 6.07) is 0. The van der Waals surface area contributed by atoms with E-state index in [1.165, 1.54) is 0 Å². The molecule has 1 aromatic rings. The molecule has 0 aromatic carbocycles. The van der Waals surface area contributed by atoms with Crippen LogP contribution in [0.5, 0.6) is 0 Å². The maximum absolute atomic E-state index is 4.68. The van der Waals surface area contributed by atoms with Gasteiger partial charge in [-0.3, -0.25) is 0 Å².